The number of amides is 1. The minimum Gasteiger partial charge on any atom is -0.507 e. The highest BCUT2D eigenvalue weighted by atomic mass is 32.2. The molecule has 0 saturated carbocycles. The minimum atomic E-state index is -1.04. The lowest BCUT2D eigenvalue weighted by Crippen LogP contribution is -2.29. The fourth-order valence-electron chi connectivity index (χ4n) is 5.80. The molecule has 9 nitrogen and oxygen atoms in total. The van der Waals surface area contributed by atoms with Crippen LogP contribution in [0.1, 0.15) is 68.3 Å². The van der Waals surface area contributed by atoms with E-state index in [2.05, 4.69) is 17.1 Å². The van der Waals surface area contributed by atoms with E-state index in [1.165, 1.54) is 22.7 Å². The number of aromatic nitrogens is 2. The summed E-state index contributed by atoms with van der Waals surface area (Å²) in [6.45, 7) is 6.83. The van der Waals surface area contributed by atoms with Crippen LogP contribution in [-0.2, 0) is 21.8 Å². The Hall–Kier alpha value is -4.42. The largest absolute Gasteiger partial charge is 0.507 e. The average Bonchev–Trinajstić information content (AvgIpc) is 3.77. The predicted molar refractivity (Wildman–Crippen MR) is 184 cm³/mol. The number of anilines is 1. The molecule has 2 aliphatic rings. The van der Waals surface area contributed by atoms with Gasteiger partial charge in [0.1, 0.15) is 23.4 Å². The summed E-state index contributed by atoms with van der Waals surface area (Å²) < 4.78 is 32.6. The smallest absolute Gasteiger partial charge is 0.301 e. The second-order valence-electron chi connectivity index (χ2n) is 11.5. The summed E-state index contributed by atoms with van der Waals surface area (Å²) in [5.74, 6) is -0.294. The highest BCUT2D eigenvalue weighted by molar-refractivity contribution is 8.00. The monoisotopic (exact) mass is 689 g/mol. The molecule has 12 heteroatoms. The molecule has 0 spiro atoms. The van der Waals surface area contributed by atoms with Crippen molar-refractivity contribution < 1.29 is 33.3 Å². The van der Waals surface area contributed by atoms with Crippen LogP contribution in [-0.4, -0.2) is 46.3 Å². The number of ketones is 1. The van der Waals surface area contributed by atoms with E-state index < -0.39 is 17.7 Å². The van der Waals surface area contributed by atoms with Crippen LogP contribution in [0.5, 0.6) is 17.2 Å². The molecule has 2 atom stereocenters. The maximum Gasteiger partial charge on any atom is 0.301 e. The second kappa shape index (κ2) is 14.8. The van der Waals surface area contributed by atoms with Gasteiger partial charge in [0.25, 0.3) is 5.78 Å². The number of ether oxygens (including phenoxy) is 3. The first-order valence-corrected chi connectivity index (χ1v) is 17.8. The van der Waals surface area contributed by atoms with E-state index in [4.69, 9.17) is 14.2 Å². The van der Waals surface area contributed by atoms with Crippen LogP contribution in [0.25, 0.3) is 5.76 Å². The molecule has 6 rings (SSSR count). The van der Waals surface area contributed by atoms with Crippen molar-refractivity contribution in [3.63, 3.8) is 0 Å². The third-order valence-electron chi connectivity index (χ3n) is 8.11. The number of nitrogens with zero attached hydrogens (tertiary/aromatic N) is 3. The Bertz CT molecular complexity index is 1860. The summed E-state index contributed by atoms with van der Waals surface area (Å²) in [6.07, 6.45) is 3.63. The molecule has 1 N–H and O–H groups in total. The maximum atomic E-state index is 14.3. The van der Waals surface area contributed by atoms with Crippen molar-refractivity contribution in [1.82, 2.24) is 10.2 Å². The molecule has 0 radical (unpaired) electrons. The van der Waals surface area contributed by atoms with Gasteiger partial charge in [0, 0.05) is 17.7 Å². The molecule has 48 heavy (non-hydrogen) atoms. The number of hydrogen-bond acceptors (Lipinski definition) is 10. The number of unbranched alkanes of at least 4 members (excludes halogenated alkanes) is 2. The zero-order valence-electron chi connectivity index (χ0n) is 26.9. The second-order valence-corrected chi connectivity index (χ2v) is 13.7. The van der Waals surface area contributed by atoms with Crippen LogP contribution in [0.3, 0.4) is 0 Å². The Morgan fingerprint density at radius 2 is 1.90 bits per heavy atom. The van der Waals surface area contributed by atoms with Crippen molar-refractivity contribution in [3.8, 4) is 17.2 Å². The number of fused-ring (bicyclic) bond motifs is 1. The summed E-state index contributed by atoms with van der Waals surface area (Å²) in [5.41, 5.74) is 2.25. The van der Waals surface area contributed by atoms with E-state index in [0.717, 1.165) is 41.9 Å². The van der Waals surface area contributed by atoms with Crippen molar-refractivity contribution in [1.29, 1.82) is 0 Å². The Kier molecular flexibility index (Phi) is 10.3. The van der Waals surface area contributed by atoms with Crippen LogP contribution < -0.4 is 19.1 Å². The van der Waals surface area contributed by atoms with Gasteiger partial charge in [-0.05, 0) is 73.4 Å². The van der Waals surface area contributed by atoms with Crippen LogP contribution in [0.4, 0.5) is 9.52 Å². The van der Waals surface area contributed by atoms with Gasteiger partial charge < -0.3 is 19.3 Å². The Labute approximate surface area is 286 Å². The molecule has 1 amide bonds. The molecule has 1 aromatic heterocycles. The lowest BCUT2D eigenvalue weighted by atomic mass is 9.94. The number of aliphatic hydroxyl groups excluding tert-OH is 1. The van der Waals surface area contributed by atoms with E-state index >= 15 is 0 Å². The van der Waals surface area contributed by atoms with E-state index in [1.54, 1.807) is 54.6 Å². The fraction of sp³-hybridized carbons (Fsp3) is 0.333. The van der Waals surface area contributed by atoms with Crippen molar-refractivity contribution >= 4 is 45.7 Å². The van der Waals surface area contributed by atoms with Gasteiger partial charge in [0.15, 0.2) is 15.8 Å². The Morgan fingerprint density at radius 1 is 1.06 bits per heavy atom. The number of Topliss-reactive ketones (excluding diaryl/α,β-unsaturated/α-hetero) is 1. The van der Waals surface area contributed by atoms with Gasteiger partial charge in [0.2, 0.25) is 5.13 Å². The Balaban J connectivity index is 1.40. The van der Waals surface area contributed by atoms with Gasteiger partial charge in [-0.2, -0.15) is 0 Å². The standard InChI is InChI=1S/C36H36FN3O6S2/c1-4-6-9-16-45-28-15-12-22(19-29(28)44-5-2)31-30(32(41)23-13-14-27-25(18-23)17-21(3)46-27)33(42)34(43)40(31)35-38-39-36(48-35)47-20-24-10-7-8-11-26(24)37/h7-8,10-15,18-19,21,31,41H,4-6,9,16-17,20H2,1-3H3/b32-30+. The molecule has 1 fully saturated rings. The lowest BCUT2D eigenvalue weighted by molar-refractivity contribution is -0.132. The molecular formula is C36H36FN3O6S2. The highest BCUT2D eigenvalue weighted by Gasteiger charge is 2.48. The van der Waals surface area contributed by atoms with Crippen LogP contribution in [0, 0.1) is 5.82 Å². The highest BCUT2D eigenvalue weighted by Crippen LogP contribution is 2.46. The summed E-state index contributed by atoms with van der Waals surface area (Å²) in [7, 11) is 0. The number of halogens is 1. The first kappa shape index (κ1) is 33.5. The van der Waals surface area contributed by atoms with Gasteiger partial charge in [0.05, 0.1) is 24.8 Å². The van der Waals surface area contributed by atoms with Gasteiger partial charge in [-0.15, -0.1) is 10.2 Å². The molecule has 3 aromatic carbocycles. The van der Waals surface area contributed by atoms with Gasteiger partial charge >= 0.3 is 5.91 Å². The molecule has 4 aromatic rings. The van der Waals surface area contributed by atoms with E-state index in [1.807, 2.05) is 13.8 Å². The predicted octanol–water partition coefficient (Wildman–Crippen LogP) is 7.89. The van der Waals surface area contributed by atoms with Crippen LogP contribution in [0.2, 0.25) is 0 Å². The molecule has 2 aliphatic heterocycles. The van der Waals surface area contributed by atoms with Crippen LogP contribution >= 0.6 is 23.1 Å². The average molecular weight is 690 g/mol. The first-order chi connectivity index (χ1) is 23.3. The molecule has 250 valence electrons. The zero-order valence-corrected chi connectivity index (χ0v) is 28.5. The van der Waals surface area contributed by atoms with Gasteiger partial charge in [-0.25, -0.2) is 4.39 Å². The fourth-order valence-corrected chi connectivity index (χ4v) is 7.65. The van der Waals surface area contributed by atoms with Gasteiger partial charge in [-0.3, -0.25) is 14.5 Å². The lowest BCUT2D eigenvalue weighted by Gasteiger charge is -2.23. The third kappa shape index (κ3) is 6.91. The van der Waals surface area contributed by atoms with Crippen molar-refractivity contribution in [2.75, 3.05) is 18.1 Å². The summed E-state index contributed by atoms with van der Waals surface area (Å²) in [5, 5.41) is 20.4. The number of aliphatic hydroxyl groups is 1. The van der Waals surface area contributed by atoms with Crippen molar-refractivity contribution in [2.24, 2.45) is 0 Å². The molecular weight excluding hydrogens is 654 g/mol. The number of thioether (sulfide) groups is 1. The molecule has 3 heterocycles. The van der Waals surface area contributed by atoms with E-state index in [0.29, 0.717) is 57.9 Å². The number of rotatable bonds is 13. The van der Waals surface area contributed by atoms with E-state index in [9.17, 15) is 19.1 Å². The summed E-state index contributed by atoms with van der Waals surface area (Å²) >= 11 is 2.39. The molecule has 0 bridgehead atoms. The Morgan fingerprint density at radius 3 is 2.69 bits per heavy atom. The zero-order chi connectivity index (χ0) is 33.8. The summed E-state index contributed by atoms with van der Waals surface area (Å²) in [4.78, 5) is 28.9. The number of hydrogen-bond donors (Lipinski definition) is 1. The van der Waals surface area contributed by atoms with E-state index in [-0.39, 0.29) is 28.4 Å². The quantitative estimate of drug-likeness (QED) is 0.0374. The van der Waals surface area contributed by atoms with Crippen molar-refractivity contribution in [2.45, 2.75) is 68.7 Å². The van der Waals surface area contributed by atoms with Gasteiger partial charge in [-0.1, -0.05) is 67.1 Å². The van der Waals surface area contributed by atoms with Crippen molar-refractivity contribution in [3.05, 3.63) is 94.3 Å². The third-order valence-corrected chi connectivity index (χ3v) is 10.2. The number of carbonyl (C=O) groups is 2. The number of carbonyl (C=O) groups excluding carboxylic acids is 2. The number of benzene rings is 3. The first-order valence-electron chi connectivity index (χ1n) is 16.0. The minimum absolute atomic E-state index is 0.00878. The normalized spacial score (nSPS) is 18.2. The SMILES string of the molecule is CCCCCOc1ccc(C2/C(=C(\O)c3ccc4c(c3)CC(C)O4)C(=O)C(=O)N2c2nnc(SCc3ccccc3F)s2)cc1OCC. The topological polar surface area (TPSA) is 111 Å². The maximum absolute atomic E-state index is 14.3. The summed E-state index contributed by atoms with van der Waals surface area (Å²) in [6, 6.07) is 15.9. The molecule has 0 aliphatic carbocycles. The van der Waals surface area contributed by atoms with Crippen LogP contribution in [0.15, 0.2) is 70.6 Å². The molecule has 1 saturated heterocycles. The molecule has 2 unspecified atom stereocenters.